The van der Waals surface area contributed by atoms with Gasteiger partial charge in [-0.15, -0.1) is 11.8 Å². The lowest BCUT2D eigenvalue weighted by atomic mass is 10.1. The number of thioether (sulfide) groups is 1. The Labute approximate surface area is 118 Å². The van der Waals surface area contributed by atoms with Gasteiger partial charge >= 0.3 is 0 Å². The third-order valence-corrected chi connectivity index (χ3v) is 4.22. The van der Waals surface area contributed by atoms with Crippen LogP contribution in [0.1, 0.15) is 25.7 Å². The van der Waals surface area contributed by atoms with Crippen molar-refractivity contribution in [1.29, 1.82) is 0 Å². The molecule has 0 bridgehead atoms. The molecule has 1 fully saturated rings. The molecule has 1 saturated heterocycles. The third-order valence-electron chi connectivity index (χ3n) is 3.27. The molecule has 0 radical (unpaired) electrons. The van der Waals surface area contributed by atoms with Gasteiger partial charge in [0.2, 0.25) is 5.91 Å². The molecule has 1 aromatic rings. The highest BCUT2D eigenvalue weighted by Crippen LogP contribution is 2.17. The minimum atomic E-state index is -0.404. The number of imidazole rings is 1. The average Bonchev–Trinajstić information content (AvgIpc) is 2.91. The number of hydrogen-bond acceptors (Lipinski definition) is 4. The van der Waals surface area contributed by atoms with E-state index in [4.69, 9.17) is 0 Å². The molecule has 5 nitrogen and oxygen atoms in total. The topological polar surface area (TPSA) is 58.4 Å². The number of amides is 1. The van der Waals surface area contributed by atoms with Gasteiger partial charge in [0, 0.05) is 37.7 Å². The van der Waals surface area contributed by atoms with E-state index < -0.39 is 5.44 Å². The zero-order chi connectivity index (χ0) is 13.5. The quantitative estimate of drug-likeness (QED) is 0.800. The molecule has 0 spiro atoms. The number of rotatable bonds is 6. The largest absolute Gasteiger partial charge is 0.381 e. The zero-order valence-corrected chi connectivity index (χ0v) is 11.9. The Morgan fingerprint density at radius 3 is 3.05 bits per heavy atom. The molecule has 6 heteroatoms. The summed E-state index contributed by atoms with van der Waals surface area (Å²) in [5.41, 5.74) is -0.404. The van der Waals surface area contributed by atoms with Gasteiger partial charge in [0.05, 0.1) is 12.9 Å². The first-order valence-electron chi connectivity index (χ1n) is 6.79. The molecule has 2 rings (SSSR count). The lowest BCUT2D eigenvalue weighted by Gasteiger charge is -2.29. The molecule has 1 atom stereocenters. The SMILES string of the molecule is O=C(CCCCCn1ccnc1)N1CCSC(O)C1. The van der Waals surface area contributed by atoms with Crippen LogP contribution in [0, 0.1) is 0 Å². The van der Waals surface area contributed by atoms with Crippen LogP contribution in [0.4, 0.5) is 0 Å². The highest BCUT2D eigenvalue weighted by atomic mass is 32.2. The molecule has 0 aliphatic carbocycles. The van der Waals surface area contributed by atoms with Crippen molar-refractivity contribution in [3.8, 4) is 0 Å². The van der Waals surface area contributed by atoms with E-state index >= 15 is 0 Å². The number of nitrogens with zero attached hydrogens (tertiary/aromatic N) is 3. The second-order valence-electron chi connectivity index (χ2n) is 4.78. The van der Waals surface area contributed by atoms with Gasteiger partial charge in [0.15, 0.2) is 0 Å². The maximum absolute atomic E-state index is 11.9. The van der Waals surface area contributed by atoms with Crippen LogP contribution >= 0.6 is 11.8 Å². The minimum Gasteiger partial charge on any atom is -0.381 e. The smallest absolute Gasteiger partial charge is 0.222 e. The molecule has 19 heavy (non-hydrogen) atoms. The summed E-state index contributed by atoms with van der Waals surface area (Å²) in [5.74, 6) is 1.02. The van der Waals surface area contributed by atoms with Gasteiger partial charge in [-0.05, 0) is 12.8 Å². The van der Waals surface area contributed by atoms with Crippen LogP contribution in [0.15, 0.2) is 18.7 Å². The number of aliphatic hydroxyl groups excluding tert-OH is 1. The maximum atomic E-state index is 11.9. The molecular weight excluding hydrogens is 262 g/mol. The zero-order valence-electron chi connectivity index (χ0n) is 11.1. The van der Waals surface area contributed by atoms with Crippen molar-refractivity contribution in [1.82, 2.24) is 14.5 Å². The summed E-state index contributed by atoms with van der Waals surface area (Å²) in [6.07, 6.45) is 9.20. The Kier molecular flexibility index (Phi) is 5.72. The molecule has 1 aromatic heterocycles. The second-order valence-corrected chi connectivity index (χ2v) is 6.06. The van der Waals surface area contributed by atoms with Gasteiger partial charge in [-0.2, -0.15) is 0 Å². The summed E-state index contributed by atoms with van der Waals surface area (Å²) in [7, 11) is 0. The van der Waals surface area contributed by atoms with E-state index in [1.807, 2.05) is 12.5 Å². The Balaban J connectivity index is 1.56. The molecular formula is C13H21N3O2S. The molecule has 1 aliphatic heterocycles. The van der Waals surface area contributed by atoms with E-state index in [1.54, 1.807) is 11.1 Å². The molecule has 1 unspecified atom stereocenters. The minimum absolute atomic E-state index is 0.182. The molecule has 0 aromatic carbocycles. The Morgan fingerprint density at radius 2 is 2.32 bits per heavy atom. The first-order valence-corrected chi connectivity index (χ1v) is 7.84. The van der Waals surface area contributed by atoms with Gasteiger partial charge in [-0.3, -0.25) is 4.79 Å². The Bertz CT molecular complexity index is 383. The van der Waals surface area contributed by atoms with Crippen LogP contribution in [-0.2, 0) is 11.3 Å². The van der Waals surface area contributed by atoms with Gasteiger partial charge in [-0.25, -0.2) is 4.98 Å². The van der Waals surface area contributed by atoms with E-state index in [-0.39, 0.29) is 5.91 Å². The standard InChI is InChI=1S/C13H21N3O2S/c17-12(16-8-9-19-13(18)10-16)4-2-1-3-6-15-7-5-14-11-15/h5,7,11,13,18H,1-4,6,8-10H2. The fourth-order valence-electron chi connectivity index (χ4n) is 2.18. The summed E-state index contributed by atoms with van der Waals surface area (Å²) in [5, 5.41) is 9.50. The molecule has 0 saturated carbocycles. The third kappa shape index (κ3) is 4.87. The average molecular weight is 283 g/mol. The lowest BCUT2D eigenvalue weighted by Crippen LogP contribution is -2.41. The fourth-order valence-corrected chi connectivity index (χ4v) is 3.07. The number of aliphatic hydroxyl groups is 1. The number of aromatic nitrogens is 2. The van der Waals surface area contributed by atoms with E-state index in [1.165, 1.54) is 11.8 Å². The predicted octanol–water partition coefficient (Wildman–Crippen LogP) is 1.34. The summed E-state index contributed by atoms with van der Waals surface area (Å²) in [6, 6.07) is 0. The number of hydrogen-bond donors (Lipinski definition) is 1. The van der Waals surface area contributed by atoms with Crippen molar-refractivity contribution in [2.75, 3.05) is 18.8 Å². The van der Waals surface area contributed by atoms with Crippen LogP contribution in [0.2, 0.25) is 0 Å². The van der Waals surface area contributed by atoms with Crippen LogP contribution < -0.4 is 0 Å². The monoisotopic (exact) mass is 283 g/mol. The van der Waals surface area contributed by atoms with Gasteiger partial charge in [0.1, 0.15) is 5.44 Å². The van der Waals surface area contributed by atoms with Crippen molar-refractivity contribution in [3.05, 3.63) is 18.7 Å². The van der Waals surface area contributed by atoms with Crippen molar-refractivity contribution in [3.63, 3.8) is 0 Å². The first kappa shape index (κ1) is 14.4. The lowest BCUT2D eigenvalue weighted by molar-refractivity contribution is -0.132. The van der Waals surface area contributed by atoms with E-state index in [0.717, 1.165) is 38.1 Å². The summed E-state index contributed by atoms with van der Waals surface area (Å²) in [4.78, 5) is 17.7. The predicted molar refractivity (Wildman–Crippen MR) is 75.7 cm³/mol. The van der Waals surface area contributed by atoms with Crippen LogP contribution in [0.5, 0.6) is 0 Å². The number of carbonyl (C=O) groups is 1. The second kappa shape index (κ2) is 7.55. The number of aryl methyl sites for hydroxylation is 1. The first-order chi connectivity index (χ1) is 9.25. The highest BCUT2D eigenvalue weighted by Gasteiger charge is 2.21. The Morgan fingerprint density at radius 1 is 1.42 bits per heavy atom. The summed E-state index contributed by atoms with van der Waals surface area (Å²) >= 11 is 1.52. The van der Waals surface area contributed by atoms with E-state index in [2.05, 4.69) is 9.55 Å². The highest BCUT2D eigenvalue weighted by molar-refractivity contribution is 7.99. The number of β-amino-alcohol motifs (C(OH)–C–C–N with tert-alkyl or cyclic N) is 1. The molecule has 1 amide bonds. The van der Waals surface area contributed by atoms with Crippen molar-refractivity contribution in [2.45, 2.75) is 37.7 Å². The summed E-state index contributed by atoms with van der Waals surface area (Å²) in [6.45, 7) is 2.22. The molecule has 1 aliphatic rings. The van der Waals surface area contributed by atoms with Crippen molar-refractivity contribution in [2.24, 2.45) is 0 Å². The van der Waals surface area contributed by atoms with Crippen LogP contribution in [-0.4, -0.2) is 49.7 Å². The summed E-state index contributed by atoms with van der Waals surface area (Å²) < 4.78 is 2.06. The van der Waals surface area contributed by atoms with Gasteiger partial charge < -0.3 is 14.6 Å². The number of carbonyl (C=O) groups excluding carboxylic acids is 1. The molecule has 106 valence electrons. The van der Waals surface area contributed by atoms with E-state index in [0.29, 0.717) is 13.0 Å². The van der Waals surface area contributed by atoms with Gasteiger partial charge in [0.25, 0.3) is 0 Å². The van der Waals surface area contributed by atoms with Crippen LogP contribution in [0.3, 0.4) is 0 Å². The van der Waals surface area contributed by atoms with Crippen molar-refractivity contribution >= 4 is 17.7 Å². The Hall–Kier alpha value is -1.01. The molecule has 1 N–H and O–H groups in total. The maximum Gasteiger partial charge on any atom is 0.222 e. The molecule has 2 heterocycles. The fraction of sp³-hybridized carbons (Fsp3) is 0.692. The van der Waals surface area contributed by atoms with E-state index in [9.17, 15) is 9.90 Å². The number of unbranched alkanes of at least 4 members (excludes halogenated alkanes) is 2. The normalized spacial score (nSPS) is 19.6. The van der Waals surface area contributed by atoms with Crippen LogP contribution in [0.25, 0.3) is 0 Å². The van der Waals surface area contributed by atoms with Gasteiger partial charge in [-0.1, -0.05) is 6.42 Å². The van der Waals surface area contributed by atoms with Crippen molar-refractivity contribution < 1.29 is 9.90 Å².